The summed E-state index contributed by atoms with van der Waals surface area (Å²) in [4.78, 5) is 41.7. The Balaban J connectivity index is 1.67. The van der Waals surface area contributed by atoms with Gasteiger partial charge in [0, 0.05) is 17.3 Å². The minimum absolute atomic E-state index is 0.0629. The van der Waals surface area contributed by atoms with Gasteiger partial charge in [-0.15, -0.1) is 11.8 Å². The van der Waals surface area contributed by atoms with Crippen LogP contribution < -0.4 is 5.32 Å². The molecule has 1 fully saturated rings. The molecule has 0 aliphatic carbocycles. The Hall–Kier alpha value is -1.38. The van der Waals surface area contributed by atoms with Crippen LogP contribution in [0.15, 0.2) is 16.3 Å². The summed E-state index contributed by atoms with van der Waals surface area (Å²) in [6.45, 7) is 3.39. The van der Waals surface area contributed by atoms with E-state index in [1.54, 1.807) is 6.34 Å². The molecule has 1 saturated heterocycles. The summed E-state index contributed by atoms with van der Waals surface area (Å²) in [5.74, 6) is -2.58. The number of fused-ring (bicyclic) bond motifs is 1. The fourth-order valence-corrected chi connectivity index (χ4v) is 6.97. The van der Waals surface area contributed by atoms with Crippen molar-refractivity contribution in [3.8, 4) is 0 Å². The number of carbonyl (C=O) groups excluding carboxylic acids is 2. The fourth-order valence-electron chi connectivity index (χ4n) is 2.87. The third-order valence-corrected chi connectivity index (χ3v) is 9.40. The van der Waals surface area contributed by atoms with Gasteiger partial charge in [-0.1, -0.05) is 6.92 Å². The first kappa shape index (κ1) is 22.3. The van der Waals surface area contributed by atoms with Crippen LogP contribution in [0.2, 0.25) is 0 Å². The highest BCUT2D eigenvalue weighted by Crippen LogP contribution is 2.42. The monoisotopic (exact) mass is 480 g/mol. The maximum Gasteiger partial charge on any atom is 0.352 e. The minimum Gasteiger partial charge on any atom is -0.477 e. The lowest BCUT2D eigenvalue weighted by Crippen LogP contribution is -2.71. The van der Waals surface area contributed by atoms with Crippen molar-refractivity contribution in [2.75, 3.05) is 23.0 Å². The van der Waals surface area contributed by atoms with Gasteiger partial charge in [0.15, 0.2) is 9.84 Å². The molecule has 10 nitrogen and oxygen atoms in total. The molecule has 0 bridgehead atoms. The van der Waals surface area contributed by atoms with Crippen molar-refractivity contribution >= 4 is 69.6 Å². The number of hydrogen-bond donors (Lipinski definition) is 2. The van der Waals surface area contributed by atoms with Crippen molar-refractivity contribution in [3.63, 3.8) is 0 Å². The Morgan fingerprint density at radius 3 is 2.76 bits per heavy atom. The Bertz CT molecular complexity index is 889. The van der Waals surface area contributed by atoms with Gasteiger partial charge in [-0.2, -0.15) is 0 Å². The maximum absolute atomic E-state index is 12.5. The first-order valence-electron chi connectivity index (χ1n) is 8.65. The van der Waals surface area contributed by atoms with Crippen LogP contribution in [0.3, 0.4) is 0 Å². The number of carbonyl (C=O) groups is 3. The average Bonchev–Trinajstić information content (AvgIpc) is 3.08. The molecule has 2 unspecified atom stereocenters. The largest absolute Gasteiger partial charge is 0.477 e. The van der Waals surface area contributed by atoms with Crippen LogP contribution in [-0.2, 0) is 24.2 Å². The number of β-lactam (4-membered cyclic amide) rings is 1. The number of nitrogens with one attached hydrogen (secondary N) is 1. The number of rotatable bonds is 8. The Labute approximate surface area is 181 Å². The summed E-state index contributed by atoms with van der Waals surface area (Å²) in [5, 5.41) is 11.6. The van der Waals surface area contributed by atoms with Gasteiger partial charge in [0.25, 0.3) is 5.91 Å². The molecule has 160 valence electrons. The molecule has 3 aliphatic heterocycles. The highest BCUT2D eigenvalue weighted by molar-refractivity contribution is 8.13. The first-order valence-corrected chi connectivity index (χ1v) is 13.3. The third kappa shape index (κ3) is 4.86. The number of thioether (sulfide) groups is 1. The lowest BCUT2D eigenvalue weighted by molar-refractivity contribution is -0.150. The molecule has 29 heavy (non-hydrogen) atoms. The number of aliphatic imine (C=N–C) groups is 1. The summed E-state index contributed by atoms with van der Waals surface area (Å²) in [7, 11) is -3.51. The van der Waals surface area contributed by atoms with E-state index in [1.165, 1.54) is 47.5 Å². The summed E-state index contributed by atoms with van der Waals surface area (Å²) in [6.07, 6.45) is 1.68. The van der Waals surface area contributed by atoms with E-state index in [9.17, 15) is 27.9 Å². The van der Waals surface area contributed by atoms with E-state index in [-0.39, 0.29) is 16.8 Å². The van der Waals surface area contributed by atoms with Crippen molar-refractivity contribution in [2.45, 2.75) is 30.6 Å². The van der Waals surface area contributed by atoms with Crippen LogP contribution in [0, 0.1) is 0 Å². The second kappa shape index (κ2) is 8.78. The molecule has 3 atom stereocenters. The van der Waals surface area contributed by atoms with Gasteiger partial charge >= 0.3 is 5.97 Å². The van der Waals surface area contributed by atoms with Crippen molar-refractivity contribution < 1.29 is 27.9 Å². The minimum atomic E-state index is -3.51. The SMILES string of the molecule is CCS(=O)(=O)CC(=O)NC1C(=O)N2C(C(=O)O)=C(CSN3C=NC(C)S3)CS[C@H]12. The molecule has 14 heteroatoms. The molecule has 0 saturated carbocycles. The second-order valence-electron chi connectivity index (χ2n) is 6.42. The van der Waals surface area contributed by atoms with Gasteiger partial charge < -0.3 is 10.4 Å². The summed E-state index contributed by atoms with van der Waals surface area (Å²) < 4.78 is 25.0. The highest BCUT2D eigenvalue weighted by atomic mass is 32.2. The molecular formula is C15H20N4O6S4. The molecule has 0 aromatic carbocycles. The lowest BCUT2D eigenvalue weighted by Gasteiger charge is -2.49. The van der Waals surface area contributed by atoms with E-state index < -0.39 is 44.8 Å². The molecule has 3 rings (SSSR count). The van der Waals surface area contributed by atoms with E-state index in [2.05, 4.69) is 10.3 Å². The number of carboxylic acids is 1. The van der Waals surface area contributed by atoms with Gasteiger partial charge in [-0.05, 0) is 36.4 Å². The van der Waals surface area contributed by atoms with Crippen LogP contribution in [0.25, 0.3) is 0 Å². The Morgan fingerprint density at radius 1 is 1.45 bits per heavy atom. The quantitative estimate of drug-likeness (QED) is 0.365. The van der Waals surface area contributed by atoms with Crippen LogP contribution >= 0.6 is 35.7 Å². The van der Waals surface area contributed by atoms with Gasteiger partial charge in [-0.25, -0.2) is 16.9 Å². The predicted molar refractivity (Wildman–Crippen MR) is 114 cm³/mol. The Morgan fingerprint density at radius 2 is 2.17 bits per heavy atom. The smallest absolute Gasteiger partial charge is 0.352 e. The van der Waals surface area contributed by atoms with Gasteiger partial charge in [0.05, 0.1) is 0 Å². The number of nitrogens with zero attached hydrogens (tertiary/aromatic N) is 3. The topological polar surface area (TPSA) is 136 Å². The molecular weight excluding hydrogens is 460 g/mol. The van der Waals surface area contributed by atoms with Crippen LogP contribution in [0.4, 0.5) is 0 Å². The molecule has 2 N–H and O–H groups in total. The summed E-state index contributed by atoms with van der Waals surface area (Å²) in [5.41, 5.74) is 0.552. The number of hydrogen-bond acceptors (Lipinski definition) is 10. The zero-order chi connectivity index (χ0) is 21.3. The van der Waals surface area contributed by atoms with E-state index in [1.807, 2.05) is 10.6 Å². The molecule has 0 radical (unpaired) electrons. The molecule has 3 heterocycles. The summed E-state index contributed by atoms with van der Waals surface area (Å²) >= 11 is 4.27. The number of sulfone groups is 1. The molecule has 0 aromatic heterocycles. The van der Waals surface area contributed by atoms with Crippen LogP contribution in [-0.4, -0.2) is 86.1 Å². The zero-order valence-corrected chi connectivity index (χ0v) is 18.9. The van der Waals surface area contributed by atoms with Crippen molar-refractivity contribution in [1.82, 2.24) is 13.9 Å². The van der Waals surface area contributed by atoms with E-state index in [4.69, 9.17) is 0 Å². The number of aliphatic carboxylic acids is 1. The second-order valence-corrected chi connectivity index (χ2v) is 12.3. The Kier molecular flexibility index (Phi) is 6.75. The van der Waals surface area contributed by atoms with Crippen molar-refractivity contribution in [3.05, 3.63) is 11.3 Å². The third-order valence-electron chi connectivity index (χ3n) is 4.35. The molecule has 0 aromatic rings. The number of carboxylic acid groups (broad SMARTS) is 1. The maximum atomic E-state index is 12.5. The average molecular weight is 481 g/mol. The molecule has 0 spiro atoms. The zero-order valence-electron chi connectivity index (χ0n) is 15.6. The van der Waals surface area contributed by atoms with Crippen molar-refractivity contribution in [2.24, 2.45) is 4.99 Å². The van der Waals surface area contributed by atoms with Gasteiger partial charge in [-0.3, -0.25) is 19.5 Å². The molecule has 3 aliphatic rings. The predicted octanol–water partition coefficient (Wildman–Crippen LogP) is 0.146. The van der Waals surface area contributed by atoms with Crippen LogP contribution in [0.5, 0.6) is 0 Å². The lowest BCUT2D eigenvalue weighted by atomic mass is 10.0. The number of amides is 2. The highest BCUT2D eigenvalue weighted by Gasteiger charge is 2.54. The fraction of sp³-hybridized carbons (Fsp3) is 0.600. The summed E-state index contributed by atoms with van der Waals surface area (Å²) in [6, 6.07) is -0.926. The van der Waals surface area contributed by atoms with Gasteiger partial charge in [0.2, 0.25) is 5.91 Å². The van der Waals surface area contributed by atoms with E-state index >= 15 is 0 Å². The first-order chi connectivity index (χ1) is 13.6. The normalized spacial score (nSPS) is 26.4. The van der Waals surface area contributed by atoms with E-state index in [0.29, 0.717) is 17.1 Å². The van der Waals surface area contributed by atoms with E-state index in [0.717, 1.165) is 0 Å². The standard InChI is InChI=1S/C15H20N4O6S4/c1-3-29(24,25)6-10(20)17-11-13(21)19-12(15(22)23)9(4-26-14(11)19)5-27-18-7-16-8(2)28-18/h7-8,11,14H,3-6H2,1-2H3,(H,17,20)(H,22,23)/t8?,11?,14-/m1/s1. The van der Waals surface area contributed by atoms with Crippen molar-refractivity contribution in [1.29, 1.82) is 0 Å². The molecule has 2 amide bonds. The van der Waals surface area contributed by atoms with Crippen LogP contribution in [0.1, 0.15) is 13.8 Å². The van der Waals surface area contributed by atoms with Gasteiger partial charge in [0.1, 0.15) is 34.6 Å².